The lowest BCUT2D eigenvalue weighted by Crippen LogP contribution is -2.43. The molecule has 1 rings (SSSR count). The molecule has 0 aliphatic carbocycles. The van der Waals surface area contributed by atoms with Crippen LogP contribution in [-0.2, 0) is 30.2 Å². The molecule has 0 spiro atoms. The first kappa shape index (κ1) is 32.7. The van der Waals surface area contributed by atoms with Crippen LogP contribution in [0.15, 0.2) is 18.2 Å². The van der Waals surface area contributed by atoms with Crippen LogP contribution in [0.5, 0.6) is 11.5 Å². The van der Waals surface area contributed by atoms with Crippen molar-refractivity contribution in [2.45, 2.75) is 98.5 Å². The molecule has 0 fully saturated rings. The zero-order chi connectivity index (χ0) is 28.8. The van der Waals surface area contributed by atoms with Crippen LogP contribution in [0.3, 0.4) is 0 Å². The van der Waals surface area contributed by atoms with E-state index in [9.17, 15) is 24.3 Å². The molecule has 0 aliphatic heterocycles. The predicted octanol–water partition coefficient (Wildman–Crippen LogP) is 4.88. The predicted molar refractivity (Wildman–Crippen MR) is 138 cm³/mol. The minimum absolute atomic E-state index is 0.00424. The van der Waals surface area contributed by atoms with Crippen LogP contribution in [0.25, 0.3) is 0 Å². The van der Waals surface area contributed by atoms with E-state index in [-0.39, 0.29) is 42.5 Å². The molecule has 0 aliphatic rings. The Morgan fingerprint density at radius 3 is 1.84 bits per heavy atom. The molecule has 0 bridgehead atoms. The van der Waals surface area contributed by atoms with E-state index < -0.39 is 36.5 Å². The van der Waals surface area contributed by atoms with Gasteiger partial charge in [-0.05, 0) is 64.2 Å². The van der Waals surface area contributed by atoms with E-state index in [0.717, 1.165) is 0 Å². The summed E-state index contributed by atoms with van der Waals surface area (Å²) in [6.45, 7) is 12.5. The highest BCUT2D eigenvalue weighted by atomic mass is 16.7. The Kier molecular flexibility index (Phi) is 14.2. The molecule has 2 N–H and O–H groups in total. The van der Waals surface area contributed by atoms with Gasteiger partial charge in [-0.3, -0.25) is 9.59 Å². The van der Waals surface area contributed by atoms with Gasteiger partial charge in [0, 0.05) is 6.54 Å². The molecule has 0 saturated heterocycles. The Bertz CT molecular complexity index is 934. The zero-order valence-corrected chi connectivity index (χ0v) is 23.3. The van der Waals surface area contributed by atoms with Gasteiger partial charge in [-0.15, -0.1) is 0 Å². The monoisotopic (exact) mass is 539 g/mol. The summed E-state index contributed by atoms with van der Waals surface area (Å²) in [7, 11) is 0. The number of nitrogens with one attached hydrogen (secondary N) is 1. The van der Waals surface area contributed by atoms with E-state index in [1.54, 1.807) is 33.8 Å². The summed E-state index contributed by atoms with van der Waals surface area (Å²) >= 11 is 0. The quantitative estimate of drug-likeness (QED) is 0.179. The molecule has 0 heterocycles. The number of carboxylic acid groups (broad SMARTS) is 1. The molecular formula is C27H41NO10. The van der Waals surface area contributed by atoms with Crippen LogP contribution in [0.4, 0.5) is 9.59 Å². The number of benzene rings is 1. The molecule has 1 aromatic rings. The number of carbonyl (C=O) groups is 4. The molecule has 11 heteroatoms. The number of hydrogen-bond acceptors (Lipinski definition) is 10. The van der Waals surface area contributed by atoms with E-state index in [2.05, 4.69) is 5.32 Å². The summed E-state index contributed by atoms with van der Waals surface area (Å²) in [5.74, 6) is -1.93. The Hall–Kier alpha value is -3.34. The van der Waals surface area contributed by atoms with Crippen molar-refractivity contribution in [1.82, 2.24) is 5.32 Å². The standard InChI is InChI=1S/C27H41NO10/c1-8-16(4)25(31)34-19(7)15-28-21(24(29)30)13-20-11-12-22(37-26(32)35-17(5)9-2)23(14-20)38-27(33)36-18(6)10-3/h11-12,14,16-19,21,28H,8-10,13,15H2,1-7H3,(H,29,30)/t16?,17?,18?,19?,21-/m0/s1. The van der Waals surface area contributed by atoms with Crippen LogP contribution in [0, 0.1) is 5.92 Å². The van der Waals surface area contributed by atoms with Crippen molar-refractivity contribution >= 4 is 24.2 Å². The maximum atomic E-state index is 12.3. The van der Waals surface area contributed by atoms with Gasteiger partial charge in [0.25, 0.3) is 0 Å². The smallest absolute Gasteiger partial charge is 0.480 e. The molecule has 214 valence electrons. The molecule has 4 unspecified atom stereocenters. The van der Waals surface area contributed by atoms with Crippen molar-refractivity contribution in [3.63, 3.8) is 0 Å². The molecule has 0 saturated carbocycles. The molecule has 11 nitrogen and oxygen atoms in total. The van der Waals surface area contributed by atoms with Gasteiger partial charge in [0.05, 0.1) is 5.92 Å². The highest BCUT2D eigenvalue weighted by Crippen LogP contribution is 2.30. The molecule has 0 amide bonds. The van der Waals surface area contributed by atoms with Crippen LogP contribution < -0.4 is 14.8 Å². The first-order chi connectivity index (χ1) is 17.9. The lowest BCUT2D eigenvalue weighted by atomic mass is 10.0. The average molecular weight is 540 g/mol. The maximum absolute atomic E-state index is 12.3. The third kappa shape index (κ3) is 11.8. The molecular weight excluding hydrogens is 498 g/mol. The topological polar surface area (TPSA) is 147 Å². The van der Waals surface area contributed by atoms with Gasteiger partial charge in [-0.1, -0.05) is 33.8 Å². The number of hydrogen-bond donors (Lipinski definition) is 2. The fourth-order valence-electron chi connectivity index (χ4n) is 2.88. The minimum atomic E-state index is -1.12. The lowest BCUT2D eigenvalue weighted by molar-refractivity contribution is -0.152. The van der Waals surface area contributed by atoms with Gasteiger partial charge >= 0.3 is 24.2 Å². The second kappa shape index (κ2) is 16.5. The fraction of sp³-hybridized carbons (Fsp3) is 0.630. The van der Waals surface area contributed by atoms with Gasteiger partial charge in [0.2, 0.25) is 0 Å². The second-order valence-electron chi connectivity index (χ2n) is 9.22. The second-order valence-corrected chi connectivity index (χ2v) is 9.22. The Labute approximate surface area is 224 Å². The summed E-state index contributed by atoms with van der Waals surface area (Å²) in [4.78, 5) is 48.3. The van der Waals surface area contributed by atoms with Gasteiger partial charge < -0.3 is 34.1 Å². The van der Waals surface area contributed by atoms with Crippen molar-refractivity contribution in [3.05, 3.63) is 23.8 Å². The SMILES string of the molecule is CCC(C)OC(=O)Oc1ccc(C[C@H](NCC(C)OC(=O)C(C)CC)C(=O)O)cc1OC(=O)OC(C)CC. The molecule has 0 radical (unpaired) electrons. The highest BCUT2D eigenvalue weighted by molar-refractivity contribution is 5.74. The van der Waals surface area contributed by atoms with Gasteiger partial charge in [-0.2, -0.15) is 0 Å². The van der Waals surface area contributed by atoms with Crippen molar-refractivity contribution in [1.29, 1.82) is 0 Å². The van der Waals surface area contributed by atoms with Gasteiger partial charge in [0.15, 0.2) is 11.5 Å². The van der Waals surface area contributed by atoms with Crippen molar-refractivity contribution < 1.29 is 48.0 Å². The number of rotatable bonds is 15. The van der Waals surface area contributed by atoms with Gasteiger partial charge in [0.1, 0.15) is 24.4 Å². The lowest BCUT2D eigenvalue weighted by Gasteiger charge is -2.20. The van der Waals surface area contributed by atoms with Gasteiger partial charge in [-0.25, -0.2) is 9.59 Å². The number of carboxylic acids is 1. The van der Waals surface area contributed by atoms with Crippen LogP contribution in [-0.4, -0.2) is 60.3 Å². The molecule has 1 aromatic carbocycles. The van der Waals surface area contributed by atoms with Crippen LogP contribution in [0.1, 0.15) is 73.3 Å². The van der Waals surface area contributed by atoms with E-state index in [0.29, 0.717) is 24.8 Å². The van der Waals surface area contributed by atoms with Crippen LogP contribution >= 0.6 is 0 Å². The normalized spacial score (nSPS) is 14.8. The number of esters is 1. The number of ether oxygens (including phenoxy) is 5. The van der Waals surface area contributed by atoms with Crippen LogP contribution in [0.2, 0.25) is 0 Å². The fourth-order valence-corrected chi connectivity index (χ4v) is 2.88. The summed E-state index contributed by atoms with van der Waals surface area (Å²) in [5, 5.41) is 12.6. The van der Waals surface area contributed by atoms with Crippen molar-refractivity contribution in [2.75, 3.05) is 6.54 Å². The maximum Gasteiger partial charge on any atom is 0.514 e. The Balaban J connectivity index is 3.03. The first-order valence-electron chi connectivity index (χ1n) is 13.0. The summed E-state index contributed by atoms with van der Waals surface area (Å²) in [6, 6.07) is 3.28. The van der Waals surface area contributed by atoms with Crippen molar-refractivity contribution in [2.24, 2.45) is 5.92 Å². The summed E-state index contributed by atoms with van der Waals surface area (Å²) < 4.78 is 26.1. The molecule has 0 aromatic heterocycles. The van der Waals surface area contributed by atoms with E-state index >= 15 is 0 Å². The third-order valence-electron chi connectivity index (χ3n) is 5.86. The van der Waals surface area contributed by atoms with E-state index in [1.807, 2.05) is 20.8 Å². The zero-order valence-electron chi connectivity index (χ0n) is 23.3. The number of aliphatic carboxylic acids is 1. The largest absolute Gasteiger partial charge is 0.514 e. The molecule has 5 atom stereocenters. The highest BCUT2D eigenvalue weighted by Gasteiger charge is 2.23. The Morgan fingerprint density at radius 1 is 0.789 bits per heavy atom. The average Bonchev–Trinajstić information content (AvgIpc) is 2.86. The van der Waals surface area contributed by atoms with E-state index in [4.69, 9.17) is 23.7 Å². The van der Waals surface area contributed by atoms with E-state index in [1.165, 1.54) is 12.1 Å². The third-order valence-corrected chi connectivity index (χ3v) is 5.86. The molecule has 38 heavy (non-hydrogen) atoms. The minimum Gasteiger partial charge on any atom is -0.480 e. The van der Waals surface area contributed by atoms with Crippen molar-refractivity contribution in [3.8, 4) is 11.5 Å². The Morgan fingerprint density at radius 2 is 1.34 bits per heavy atom. The first-order valence-corrected chi connectivity index (χ1v) is 13.0. The summed E-state index contributed by atoms with van der Waals surface area (Å²) in [6.07, 6.45) is -1.51. The number of carbonyl (C=O) groups excluding carboxylic acids is 3. The summed E-state index contributed by atoms with van der Waals surface area (Å²) in [5.41, 5.74) is 0.475.